The number of Topliss-reactive ketones (excluding diaryl/α,β-unsaturated/α-hetero) is 1. The average Bonchev–Trinajstić information content (AvgIpc) is 2.35. The predicted octanol–water partition coefficient (Wildman–Crippen LogP) is 2.30. The Hall–Kier alpha value is -1.68. The van der Waals surface area contributed by atoms with Gasteiger partial charge in [-0.3, -0.25) is 4.79 Å². The molecule has 1 atom stereocenters. The van der Waals surface area contributed by atoms with Gasteiger partial charge in [0.2, 0.25) is 0 Å². The highest BCUT2D eigenvalue weighted by atomic mass is 16.5. The van der Waals surface area contributed by atoms with Crippen LogP contribution in [0.1, 0.15) is 43.9 Å². The summed E-state index contributed by atoms with van der Waals surface area (Å²) in [6.45, 7) is 7.63. The number of ether oxygens (including phenoxy) is 1. The van der Waals surface area contributed by atoms with E-state index >= 15 is 0 Å². The predicted molar refractivity (Wildman–Crippen MR) is 81.7 cm³/mol. The normalized spacial score (nSPS) is 18.1. The Labute approximate surface area is 125 Å². The molecule has 0 aromatic heterocycles. The maximum Gasteiger partial charge on any atom is 0.328 e. The molecule has 0 saturated heterocycles. The Balaban J connectivity index is 2.53. The van der Waals surface area contributed by atoms with Gasteiger partial charge in [0.1, 0.15) is 17.6 Å². The van der Waals surface area contributed by atoms with Gasteiger partial charge in [0, 0.05) is 23.8 Å². The molecule has 0 bridgehead atoms. The second-order valence-electron chi connectivity index (χ2n) is 6.47. The van der Waals surface area contributed by atoms with Crippen molar-refractivity contribution in [3.8, 4) is 5.75 Å². The first kappa shape index (κ1) is 15.7. The van der Waals surface area contributed by atoms with E-state index in [2.05, 4.69) is 5.32 Å². The Bertz CT molecular complexity index is 590. The van der Waals surface area contributed by atoms with Gasteiger partial charge in [-0.15, -0.1) is 0 Å². The lowest BCUT2D eigenvalue weighted by molar-refractivity contribution is -0.137. The van der Waals surface area contributed by atoms with E-state index in [9.17, 15) is 9.59 Å². The first-order chi connectivity index (χ1) is 9.76. The molecule has 1 aliphatic rings. The van der Waals surface area contributed by atoms with Crippen molar-refractivity contribution in [2.24, 2.45) is 0 Å². The molecule has 1 aromatic rings. The highest BCUT2D eigenvalue weighted by Crippen LogP contribution is 2.41. The number of carbonyl (C=O) groups is 2. The van der Waals surface area contributed by atoms with Crippen molar-refractivity contribution >= 4 is 11.8 Å². The van der Waals surface area contributed by atoms with Crippen LogP contribution in [0.2, 0.25) is 0 Å². The number of nitrogens with one attached hydrogen (secondary N) is 1. The molecule has 4 nitrogen and oxygen atoms in total. The first-order valence-electron chi connectivity index (χ1n) is 7.27. The summed E-state index contributed by atoms with van der Waals surface area (Å²) in [7, 11) is 1.76. The molecular formula is C17H23NO3. The Morgan fingerprint density at radius 3 is 2.67 bits per heavy atom. The molecule has 0 amide bonds. The minimum Gasteiger partial charge on any atom is -0.425 e. The molecule has 0 aliphatic carbocycles. The van der Waals surface area contributed by atoms with Crippen molar-refractivity contribution in [2.45, 2.75) is 52.0 Å². The van der Waals surface area contributed by atoms with E-state index in [0.717, 1.165) is 16.7 Å². The van der Waals surface area contributed by atoms with Gasteiger partial charge >= 0.3 is 5.97 Å². The van der Waals surface area contributed by atoms with Crippen LogP contribution in [0.4, 0.5) is 0 Å². The van der Waals surface area contributed by atoms with Crippen molar-refractivity contribution in [3.05, 3.63) is 28.8 Å². The molecule has 0 saturated carbocycles. The Morgan fingerprint density at radius 1 is 1.43 bits per heavy atom. The number of likely N-dealkylation sites (N-methyl/N-ethyl adjacent to an activating group) is 1. The molecule has 1 heterocycles. The summed E-state index contributed by atoms with van der Waals surface area (Å²) in [4.78, 5) is 23.6. The van der Waals surface area contributed by atoms with Crippen LogP contribution in [0.15, 0.2) is 12.1 Å². The molecule has 1 N–H and O–H groups in total. The van der Waals surface area contributed by atoms with Crippen molar-refractivity contribution in [1.29, 1.82) is 0 Å². The van der Waals surface area contributed by atoms with E-state index in [-0.39, 0.29) is 23.2 Å². The molecule has 21 heavy (non-hydrogen) atoms. The van der Waals surface area contributed by atoms with Crippen molar-refractivity contribution in [2.75, 3.05) is 7.05 Å². The summed E-state index contributed by atoms with van der Waals surface area (Å²) in [6, 6.07) is 3.75. The minimum atomic E-state index is -0.353. The van der Waals surface area contributed by atoms with E-state index in [4.69, 9.17) is 4.74 Å². The highest BCUT2D eigenvalue weighted by molar-refractivity contribution is 5.82. The van der Waals surface area contributed by atoms with Gasteiger partial charge in [-0.2, -0.15) is 0 Å². The molecule has 1 aromatic carbocycles. The van der Waals surface area contributed by atoms with Crippen LogP contribution < -0.4 is 10.1 Å². The highest BCUT2D eigenvalue weighted by Gasteiger charge is 2.35. The van der Waals surface area contributed by atoms with Crippen LogP contribution in [0.25, 0.3) is 0 Å². The van der Waals surface area contributed by atoms with E-state index in [0.29, 0.717) is 18.6 Å². The number of benzene rings is 1. The number of hydrogen-bond acceptors (Lipinski definition) is 4. The number of fused-ring (bicyclic) bond motifs is 1. The van der Waals surface area contributed by atoms with Crippen LogP contribution >= 0.6 is 0 Å². The molecule has 1 aliphatic heterocycles. The van der Waals surface area contributed by atoms with Gasteiger partial charge in [0.15, 0.2) is 0 Å². The van der Waals surface area contributed by atoms with Gasteiger partial charge < -0.3 is 10.1 Å². The summed E-state index contributed by atoms with van der Waals surface area (Å²) in [5.74, 6) is 0.528. The number of aryl methyl sites for hydroxylation is 1. The molecule has 2 rings (SSSR count). The van der Waals surface area contributed by atoms with Crippen LogP contribution in [-0.4, -0.2) is 24.8 Å². The quantitative estimate of drug-likeness (QED) is 0.682. The van der Waals surface area contributed by atoms with Crippen molar-refractivity contribution in [3.63, 3.8) is 0 Å². The lowest BCUT2D eigenvalue weighted by atomic mass is 9.76. The fraction of sp³-hybridized carbons (Fsp3) is 0.529. The number of hydrogen-bond donors (Lipinski definition) is 1. The summed E-state index contributed by atoms with van der Waals surface area (Å²) >= 11 is 0. The summed E-state index contributed by atoms with van der Waals surface area (Å²) in [5.41, 5.74) is 2.69. The number of rotatable bonds is 4. The van der Waals surface area contributed by atoms with Crippen LogP contribution in [-0.2, 0) is 21.4 Å². The smallest absolute Gasteiger partial charge is 0.328 e. The SMILES string of the molecule is CNC1Cc2ccc(C)c(C(C)(C)CC(C)=O)c2OC1=O. The largest absolute Gasteiger partial charge is 0.425 e. The molecular weight excluding hydrogens is 266 g/mol. The van der Waals surface area contributed by atoms with E-state index < -0.39 is 0 Å². The Morgan fingerprint density at radius 2 is 2.10 bits per heavy atom. The molecule has 1 unspecified atom stereocenters. The first-order valence-corrected chi connectivity index (χ1v) is 7.27. The van der Waals surface area contributed by atoms with Gasteiger partial charge in [-0.1, -0.05) is 26.0 Å². The maximum absolute atomic E-state index is 12.0. The second-order valence-corrected chi connectivity index (χ2v) is 6.47. The molecule has 114 valence electrons. The minimum absolute atomic E-state index is 0.132. The van der Waals surface area contributed by atoms with Crippen LogP contribution in [0.5, 0.6) is 5.75 Å². The van der Waals surface area contributed by atoms with Gasteiger partial charge in [0.25, 0.3) is 0 Å². The standard InChI is InChI=1S/C17H23NO3/c1-10-6-7-12-8-13(18-5)16(20)21-15(12)14(10)17(3,4)9-11(2)19/h6-7,13,18H,8-9H2,1-5H3. The molecule has 4 heteroatoms. The fourth-order valence-electron chi connectivity index (χ4n) is 3.25. The zero-order valence-electron chi connectivity index (χ0n) is 13.4. The summed E-state index contributed by atoms with van der Waals surface area (Å²) in [5, 5.41) is 2.97. The van der Waals surface area contributed by atoms with Crippen molar-refractivity contribution < 1.29 is 14.3 Å². The maximum atomic E-state index is 12.0. The zero-order valence-corrected chi connectivity index (χ0v) is 13.4. The summed E-state index contributed by atoms with van der Waals surface area (Å²) < 4.78 is 5.60. The zero-order chi connectivity index (χ0) is 15.8. The fourth-order valence-corrected chi connectivity index (χ4v) is 3.25. The number of carbonyl (C=O) groups excluding carboxylic acids is 2. The topological polar surface area (TPSA) is 55.4 Å². The number of esters is 1. The van der Waals surface area contributed by atoms with E-state index in [1.165, 1.54) is 0 Å². The van der Waals surface area contributed by atoms with Crippen LogP contribution in [0.3, 0.4) is 0 Å². The third kappa shape index (κ3) is 3.00. The van der Waals surface area contributed by atoms with Gasteiger partial charge in [-0.05, 0) is 32.0 Å². The molecule has 0 fully saturated rings. The van der Waals surface area contributed by atoms with E-state index in [1.54, 1.807) is 14.0 Å². The van der Waals surface area contributed by atoms with Crippen molar-refractivity contribution in [1.82, 2.24) is 5.32 Å². The number of ketones is 1. The monoisotopic (exact) mass is 289 g/mol. The lowest BCUT2D eigenvalue weighted by Crippen LogP contribution is -2.42. The lowest BCUT2D eigenvalue weighted by Gasteiger charge is -2.32. The third-order valence-electron chi connectivity index (χ3n) is 4.07. The average molecular weight is 289 g/mol. The molecule has 0 radical (unpaired) electrons. The van der Waals surface area contributed by atoms with Crippen LogP contribution in [0, 0.1) is 6.92 Å². The van der Waals surface area contributed by atoms with E-state index in [1.807, 2.05) is 32.9 Å². The van der Waals surface area contributed by atoms with Gasteiger partial charge in [0.05, 0.1) is 0 Å². The second kappa shape index (κ2) is 5.60. The molecule has 0 spiro atoms. The third-order valence-corrected chi connectivity index (χ3v) is 4.07. The Kier molecular flexibility index (Phi) is 4.19. The summed E-state index contributed by atoms with van der Waals surface area (Å²) in [6.07, 6.45) is 1.05. The van der Waals surface area contributed by atoms with Gasteiger partial charge in [-0.25, -0.2) is 4.79 Å².